The smallest absolute Gasteiger partial charge is 0.407 e. The monoisotopic (exact) mass is 433 g/mol. The zero-order valence-corrected chi connectivity index (χ0v) is 18.4. The molecule has 2 bridgehead atoms. The highest BCUT2D eigenvalue weighted by Crippen LogP contribution is 2.59. The van der Waals surface area contributed by atoms with Crippen LogP contribution < -0.4 is 15.4 Å². The third-order valence-corrected chi connectivity index (χ3v) is 8.32. The van der Waals surface area contributed by atoms with E-state index in [2.05, 4.69) is 28.8 Å². The van der Waals surface area contributed by atoms with E-state index in [1.165, 1.54) is 24.0 Å². The quantitative estimate of drug-likeness (QED) is 0.646. The Morgan fingerprint density at radius 1 is 1.12 bits per heavy atom. The maximum Gasteiger partial charge on any atom is 0.407 e. The van der Waals surface area contributed by atoms with Gasteiger partial charge < -0.3 is 25.4 Å². The highest BCUT2D eigenvalue weighted by molar-refractivity contribution is 5.83. The Morgan fingerprint density at radius 2 is 1.94 bits per heavy atom. The van der Waals surface area contributed by atoms with Gasteiger partial charge >= 0.3 is 6.09 Å². The van der Waals surface area contributed by atoms with Gasteiger partial charge in [0.05, 0.1) is 5.69 Å². The average Bonchev–Trinajstić information content (AvgIpc) is 2.83. The van der Waals surface area contributed by atoms with Crippen molar-refractivity contribution in [1.29, 1.82) is 0 Å². The topological polar surface area (TPSA) is 73.8 Å². The molecule has 6 nitrogen and oxygen atoms in total. The first-order valence-electron chi connectivity index (χ1n) is 12.0. The van der Waals surface area contributed by atoms with Gasteiger partial charge in [0.2, 0.25) is 0 Å². The number of amides is 1. The summed E-state index contributed by atoms with van der Waals surface area (Å²) in [6.45, 7) is 2.90. The maximum absolute atomic E-state index is 12.1. The first kappa shape index (κ1) is 19.8. The van der Waals surface area contributed by atoms with Crippen molar-refractivity contribution in [3.8, 4) is 5.75 Å². The Morgan fingerprint density at radius 3 is 2.75 bits per heavy atom. The predicted molar refractivity (Wildman–Crippen MR) is 125 cm³/mol. The molecule has 6 rings (SSSR count). The van der Waals surface area contributed by atoms with Crippen LogP contribution in [-0.4, -0.2) is 41.8 Å². The fourth-order valence-electron chi connectivity index (χ4n) is 6.96. The summed E-state index contributed by atoms with van der Waals surface area (Å²) in [5.41, 5.74) is 6.14. The highest BCUT2D eigenvalue weighted by Gasteiger charge is 2.55. The molecular weight excluding hydrogens is 402 g/mol. The predicted octanol–water partition coefficient (Wildman–Crippen LogP) is 4.84. The van der Waals surface area contributed by atoms with E-state index < -0.39 is 6.09 Å². The lowest BCUT2D eigenvalue weighted by Gasteiger charge is -2.58. The molecule has 2 aromatic rings. The summed E-state index contributed by atoms with van der Waals surface area (Å²) in [4.78, 5) is 13.8. The van der Waals surface area contributed by atoms with Crippen LogP contribution in [0.15, 0.2) is 36.4 Å². The number of fused-ring (bicyclic) bond motifs is 3. The van der Waals surface area contributed by atoms with Gasteiger partial charge in [0, 0.05) is 31.1 Å². The first-order valence-corrected chi connectivity index (χ1v) is 12.0. The summed E-state index contributed by atoms with van der Waals surface area (Å²) in [5.74, 6) is 1.33. The highest BCUT2D eigenvalue weighted by atomic mass is 16.5. The Hall–Kier alpha value is -2.89. The van der Waals surface area contributed by atoms with Crippen LogP contribution in [0.25, 0.3) is 0 Å². The molecule has 1 saturated heterocycles. The summed E-state index contributed by atoms with van der Waals surface area (Å²) in [6.07, 6.45) is 5.64. The Bertz CT molecular complexity index is 1040. The van der Waals surface area contributed by atoms with Crippen molar-refractivity contribution in [2.45, 2.75) is 56.6 Å². The normalized spacial score (nSPS) is 27.8. The minimum atomic E-state index is -0.764. The molecule has 4 aliphatic rings. The van der Waals surface area contributed by atoms with Crippen LogP contribution in [0.5, 0.6) is 5.75 Å². The van der Waals surface area contributed by atoms with Crippen molar-refractivity contribution in [3.05, 3.63) is 53.1 Å². The lowest BCUT2D eigenvalue weighted by atomic mass is 9.52. The van der Waals surface area contributed by atoms with Crippen LogP contribution in [0.3, 0.4) is 0 Å². The Balaban J connectivity index is 1.46. The molecule has 3 atom stereocenters. The molecule has 0 aromatic heterocycles. The second-order valence-corrected chi connectivity index (χ2v) is 9.78. The van der Waals surface area contributed by atoms with Crippen molar-refractivity contribution in [2.75, 3.05) is 30.3 Å². The number of hydrogen-bond acceptors (Lipinski definition) is 4. The number of nitrogens with one attached hydrogen (secondary N) is 2. The zero-order valence-electron chi connectivity index (χ0n) is 18.4. The van der Waals surface area contributed by atoms with Gasteiger partial charge in [-0.3, -0.25) is 0 Å². The number of rotatable bonds is 3. The number of likely N-dealkylation sites (tertiary alicyclic amines) is 1. The molecule has 32 heavy (non-hydrogen) atoms. The van der Waals surface area contributed by atoms with Crippen LogP contribution in [0.2, 0.25) is 0 Å². The van der Waals surface area contributed by atoms with E-state index in [0.29, 0.717) is 19.1 Å². The molecule has 2 aromatic carbocycles. The molecule has 2 aliphatic carbocycles. The summed E-state index contributed by atoms with van der Waals surface area (Å²) in [6, 6.07) is 12.7. The van der Waals surface area contributed by atoms with Crippen molar-refractivity contribution < 1.29 is 14.6 Å². The Labute approximate surface area is 189 Å². The van der Waals surface area contributed by atoms with Gasteiger partial charge in [0.25, 0.3) is 0 Å². The summed E-state index contributed by atoms with van der Waals surface area (Å²) in [7, 11) is 0. The number of carboxylic acid groups (broad SMARTS) is 1. The molecule has 2 fully saturated rings. The standard InChI is InChI=1S/C26H31N3O3/c30-25(31)29-13-10-26-9-5-4-8-19(26)21(29)14-18-20(26)15-22(24-23(18)27-11-12-28-24)32-16-17-6-2-1-3-7-17/h1-3,6-7,15,19,21,27-28H,4-5,8-14,16H2,(H,30,31). The van der Waals surface area contributed by atoms with Gasteiger partial charge in [-0.2, -0.15) is 0 Å². The minimum Gasteiger partial charge on any atom is -0.487 e. The van der Waals surface area contributed by atoms with Crippen LogP contribution in [-0.2, 0) is 18.4 Å². The van der Waals surface area contributed by atoms with Crippen molar-refractivity contribution in [3.63, 3.8) is 0 Å². The third kappa shape index (κ3) is 2.95. The molecule has 3 unspecified atom stereocenters. The van der Waals surface area contributed by atoms with Gasteiger partial charge in [0.1, 0.15) is 18.0 Å². The molecule has 1 amide bonds. The van der Waals surface area contributed by atoms with E-state index in [4.69, 9.17) is 4.74 Å². The van der Waals surface area contributed by atoms with Gasteiger partial charge in [-0.25, -0.2) is 4.79 Å². The van der Waals surface area contributed by atoms with Gasteiger partial charge in [-0.05, 0) is 54.4 Å². The lowest BCUT2D eigenvalue weighted by Crippen LogP contribution is -2.62. The number of nitrogens with zero attached hydrogens (tertiary/aromatic N) is 1. The lowest BCUT2D eigenvalue weighted by molar-refractivity contribution is -0.00272. The minimum absolute atomic E-state index is 0.0709. The van der Waals surface area contributed by atoms with E-state index in [-0.39, 0.29) is 11.5 Å². The molecule has 0 spiro atoms. The van der Waals surface area contributed by atoms with Crippen LogP contribution >= 0.6 is 0 Å². The molecule has 2 heterocycles. The van der Waals surface area contributed by atoms with E-state index in [9.17, 15) is 9.90 Å². The summed E-state index contributed by atoms with van der Waals surface area (Å²) in [5, 5.41) is 17.1. The number of benzene rings is 2. The molecule has 0 radical (unpaired) electrons. The number of piperidine rings is 1. The number of carbonyl (C=O) groups is 1. The Kier molecular flexibility index (Phi) is 4.70. The molecule has 3 N–H and O–H groups in total. The van der Waals surface area contributed by atoms with E-state index >= 15 is 0 Å². The third-order valence-electron chi connectivity index (χ3n) is 8.32. The number of ether oxygens (including phenoxy) is 1. The average molecular weight is 434 g/mol. The van der Waals surface area contributed by atoms with Crippen molar-refractivity contribution in [2.24, 2.45) is 5.92 Å². The first-order chi connectivity index (χ1) is 15.7. The molecular formula is C26H31N3O3. The van der Waals surface area contributed by atoms with Gasteiger partial charge in [-0.15, -0.1) is 0 Å². The van der Waals surface area contributed by atoms with Crippen LogP contribution in [0.4, 0.5) is 16.2 Å². The van der Waals surface area contributed by atoms with E-state index in [0.717, 1.165) is 61.5 Å². The van der Waals surface area contributed by atoms with Crippen molar-refractivity contribution in [1.82, 2.24) is 4.90 Å². The molecule has 6 heteroatoms. The SMILES string of the molecule is O=C(O)N1CCC23CCCCC2C1Cc1c3cc(OCc2ccccc2)c2c1NCCN2. The summed E-state index contributed by atoms with van der Waals surface area (Å²) < 4.78 is 6.42. The molecule has 1 saturated carbocycles. The van der Waals surface area contributed by atoms with Gasteiger partial charge in [0.15, 0.2) is 0 Å². The second-order valence-electron chi connectivity index (χ2n) is 9.78. The maximum atomic E-state index is 12.1. The van der Waals surface area contributed by atoms with Crippen LogP contribution in [0.1, 0.15) is 48.8 Å². The largest absolute Gasteiger partial charge is 0.487 e. The van der Waals surface area contributed by atoms with Crippen molar-refractivity contribution >= 4 is 17.5 Å². The van der Waals surface area contributed by atoms with E-state index in [1.54, 1.807) is 4.90 Å². The fraction of sp³-hybridized carbons (Fsp3) is 0.500. The number of hydrogen-bond donors (Lipinski definition) is 3. The van der Waals surface area contributed by atoms with E-state index in [1.807, 2.05) is 18.2 Å². The fourth-order valence-corrected chi connectivity index (χ4v) is 6.96. The summed E-state index contributed by atoms with van der Waals surface area (Å²) >= 11 is 0. The molecule has 168 valence electrons. The zero-order chi connectivity index (χ0) is 21.7. The number of anilines is 2. The van der Waals surface area contributed by atoms with Gasteiger partial charge in [-0.1, -0.05) is 43.2 Å². The molecule has 2 aliphatic heterocycles. The second kappa shape index (κ2) is 7.61. The van der Waals surface area contributed by atoms with Crippen LogP contribution in [0, 0.1) is 5.92 Å².